The van der Waals surface area contributed by atoms with Crippen LogP contribution < -0.4 is 10.1 Å². The van der Waals surface area contributed by atoms with Crippen LogP contribution in [0.3, 0.4) is 0 Å². The molecule has 9 nitrogen and oxygen atoms in total. The molecule has 0 bridgehead atoms. The van der Waals surface area contributed by atoms with E-state index < -0.39 is 0 Å². The summed E-state index contributed by atoms with van der Waals surface area (Å²) in [6, 6.07) is 9.40. The number of nitrogens with one attached hydrogen (secondary N) is 1. The molecule has 10 heteroatoms. The highest BCUT2D eigenvalue weighted by molar-refractivity contribution is 6.33. The Hall–Kier alpha value is -3.56. The van der Waals surface area contributed by atoms with Crippen LogP contribution in [0.2, 0.25) is 5.02 Å². The van der Waals surface area contributed by atoms with E-state index in [4.69, 9.17) is 21.3 Å². The van der Waals surface area contributed by atoms with Crippen molar-refractivity contribution in [3.8, 4) is 17.3 Å². The highest BCUT2D eigenvalue weighted by atomic mass is 35.5. The average Bonchev–Trinajstić information content (AvgIpc) is 3.52. The lowest BCUT2D eigenvalue weighted by molar-refractivity contribution is 0.0736. The van der Waals surface area contributed by atoms with E-state index in [-0.39, 0.29) is 11.5 Å². The molecule has 1 saturated heterocycles. The molecular formula is C27H28ClN7O2. The predicted octanol–water partition coefficient (Wildman–Crippen LogP) is 3.88. The molecule has 0 atom stereocenters. The molecule has 2 aliphatic rings. The predicted molar refractivity (Wildman–Crippen MR) is 141 cm³/mol. The third kappa shape index (κ3) is 4.76. The summed E-state index contributed by atoms with van der Waals surface area (Å²) in [6.45, 7) is 7.49. The quantitative estimate of drug-likeness (QED) is 0.414. The molecule has 37 heavy (non-hydrogen) atoms. The van der Waals surface area contributed by atoms with Gasteiger partial charge in [0, 0.05) is 43.5 Å². The number of nitrogens with zero attached hydrogens (tertiary/aromatic N) is 6. The fraction of sp³-hybridized carbons (Fsp3) is 0.370. The van der Waals surface area contributed by atoms with Gasteiger partial charge in [0.15, 0.2) is 11.2 Å². The van der Waals surface area contributed by atoms with Crippen molar-refractivity contribution in [2.45, 2.75) is 38.8 Å². The van der Waals surface area contributed by atoms with E-state index in [2.05, 4.69) is 27.2 Å². The Morgan fingerprint density at radius 1 is 1.14 bits per heavy atom. The molecule has 0 unspecified atom stereocenters. The molecule has 0 spiro atoms. The largest absolute Gasteiger partial charge is 0.470 e. The maximum atomic E-state index is 13.0. The zero-order valence-electron chi connectivity index (χ0n) is 20.9. The summed E-state index contributed by atoms with van der Waals surface area (Å²) in [5, 5.41) is 3.71. The molecule has 190 valence electrons. The molecule has 1 aromatic carbocycles. The van der Waals surface area contributed by atoms with Crippen LogP contribution in [0, 0.1) is 6.92 Å². The second kappa shape index (κ2) is 9.39. The minimum absolute atomic E-state index is 0.0216. The van der Waals surface area contributed by atoms with Gasteiger partial charge in [-0.3, -0.25) is 9.78 Å². The number of ether oxygens (including phenoxy) is 1. The third-order valence-electron chi connectivity index (χ3n) is 6.95. The number of aryl methyl sites for hydroxylation is 1. The van der Waals surface area contributed by atoms with E-state index in [1.807, 2.05) is 40.7 Å². The highest BCUT2D eigenvalue weighted by Crippen LogP contribution is 2.41. The number of carbonyl (C=O) groups excluding carboxylic acids is 1. The molecule has 4 aromatic rings. The van der Waals surface area contributed by atoms with Crippen LogP contribution in [0.15, 0.2) is 42.9 Å². The number of aromatic nitrogens is 5. The van der Waals surface area contributed by atoms with Gasteiger partial charge in [0.1, 0.15) is 17.8 Å². The normalized spacial score (nSPS) is 16.7. The zero-order chi connectivity index (χ0) is 25.6. The van der Waals surface area contributed by atoms with Crippen molar-refractivity contribution >= 4 is 28.7 Å². The van der Waals surface area contributed by atoms with E-state index in [1.165, 1.54) is 6.33 Å². The van der Waals surface area contributed by atoms with Crippen molar-refractivity contribution in [1.82, 2.24) is 34.7 Å². The lowest BCUT2D eigenvalue weighted by atomic mass is 10.1. The number of halogens is 1. The third-order valence-corrected chi connectivity index (χ3v) is 7.26. The number of amides is 1. The molecule has 4 heterocycles. The van der Waals surface area contributed by atoms with Crippen LogP contribution in [0.5, 0.6) is 5.88 Å². The molecule has 1 saturated carbocycles. The first-order chi connectivity index (χ1) is 17.9. The maximum Gasteiger partial charge on any atom is 0.253 e. The lowest BCUT2D eigenvalue weighted by Crippen LogP contribution is -2.46. The molecule has 1 N–H and O–H groups in total. The van der Waals surface area contributed by atoms with Crippen molar-refractivity contribution in [3.63, 3.8) is 0 Å². The number of imidazole rings is 1. The first kappa shape index (κ1) is 23.8. The molecule has 6 rings (SSSR count). The fourth-order valence-electron chi connectivity index (χ4n) is 4.58. The van der Waals surface area contributed by atoms with Crippen molar-refractivity contribution in [2.24, 2.45) is 0 Å². The van der Waals surface area contributed by atoms with E-state index in [9.17, 15) is 4.79 Å². The van der Waals surface area contributed by atoms with Crippen molar-refractivity contribution in [2.75, 3.05) is 26.2 Å². The van der Waals surface area contributed by atoms with E-state index in [1.54, 1.807) is 12.3 Å². The highest BCUT2D eigenvalue weighted by Gasteiger charge is 2.41. The Balaban J connectivity index is 1.44. The summed E-state index contributed by atoms with van der Waals surface area (Å²) in [7, 11) is 0. The number of pyridine rings is 1. The number of hydrogen-bond acceptors (Lipinski definition) is 7. The van der Waals surface area contributed by atoms with Crippen LogP contribution in [-0.4, -0.2) is 67.1 Å². The first-order valence-corrected chi connectivity index (χ1v) is 12.9. The molecule has 2 fully saturated rings. The molecule has 1 aliphatic heterocycles. The smallest absolute Gasteiger partial charge is 0.253 e. The van der Waals surface area contributed by atoms with E-state index in [0.717, 1.165) is 37.2 Å². The van der Waals surface area contributed by atoms with E-state index in [0.29, 0.717) is 58.7 Å². The number of benzene rings is 1. The maximum absolute atomic E-state index is 13.0. The number of hydrogen-bond donors (Lipinski definition) is 1. The molecule has 1 aliphatic carbocycles. The van der Waals surface area contributed by atoms with Crippen LogP contribution in [-0.2, 0) is 6.54 Å². The van der Waals surface area contributed by atoms with Gasteiger partial charge in [-0.15, -0.1) is 0 Å². The Labute approximate surface area is 219 Å². The van der Waals surface area contributed by atoms with Crippen LogP contribution >= 0.6 is 11.6 Å². The summed E-state index contributed by atoms with van der Waals surface area (Å²) < 4.78 is 8.20. The van der Waals surface area contributed by atoms with Gasteiger partial charge in [0.25, 0.3) is 5.91 Å². The van der Waals surface area contributed by atoms with Crippen molar-refractivity contribution in [1.29, 1.82) is 0 Å². The minimum atomic E-state index is -0.215. The SMILES string of the molecule is Cc1ccnc(Cn2c(-c3ccc(C(=O)N4CCNCC4)cc3Cl)nc3c(OC4(C)CC4)ncnc32)c1. The van der Waals surface area contributed by atoms with Crippen molar-refractivity contribution < 1.29 is 9.53 Å². The summed E-state index contributed by atoms with van der Waals surface area (Å²) >= 11 is 6.81. The van der Waals surface area contributed by atoms with Gasteiger partial charge in [-0.25, -0.2) is 9.97 Å². The summed E-state index contributed by atoms with van der Waals surface area (Å²) in [4.78, 5) is 33.3. The van der Waals surface area contributed by atoms with Crippen LogP contribution in [0.4, 0.5) is 0 Å². The average molecular weight is 518 g/mol. The minimum Gasteiger partial charge on any atom is -0.470 e. The van der Waals surface area contributed by atoms with E-state index >= 15 is 0 Å². The Bertz CT molecular complexity index is 1490. The molecule has 0 radical (unpaired) electrons. The van der Waals surface area contributed by atoms with Gasteiger partial charge in [-0.1, -0.05) is 11.6 Å². The first-order valence-electron chi connectivity index (χ1n) is 12.5. The monoisotopic (exact) mass is 517 g/mol. The molecule has 1 amide bonds. The van der Waals surface area contributed by atoms with Gasteiger partial charge in [0.05, 0.1) is 17.3 Å². The Kier molecular flexibility index (Phi) is 6.04. The zero-order valence-corrected chi connectivity index (χ0v) is 21.6. The Morgan fingerprint density at radius 3 is 2.68 bits per heavy atom. The number of piperazine rings is 1. The lowest BCUT2D eigenvalue weighted by Gasteiger charge is -2.27. The standard InChI is InChI=1S/C27H28ClN7O2/c1-17-5-8-30-19(13-17)15-35-23(33-22-24(35)31-16-32-25(22)37-27(2)6-7-27)20-4-3-18(14-21(20)28)26(36)34-11-9-29-10-12-34/h3-5,8,13-14,16,29H,6-7,9-12,15H2,1-2H3. The van der Waals surface area contributed by atoms with Gasteiger partial charge in [0.2, 0.25) is 5.88 Å². The summed E-state index contributed by atoms with van der Waals surface area (Å²) in [5.41, 5.74) is 4.26. The van der Waals surface area contributed by atoms with Crippen LogP contribution in [0.1, 0.15) is 41.4 Å². The van der Waals surface area contributed by atoms with Crippen LogP contribution in [0.25, 0.3) is 22.6 Å². The number of rotatable bonds is 6. The van der Waals surface area contributed by atoms with Gasteiger partial charge >= 0.3 is 0 Å². The number of carbonyl (C=O) groups is 1. The van der Waals surface area contributed by atoms with Gasteiger partial charge in [-0.05, 0) is 62.6 Å². The fourth-order valence-corrected chi connectivity index (χ4v) is 4.85. The number of fused-ring (bicyclic) bond motifs is 1. The Morgan fingerprint density at radius 2 is 1.95 bits per heavy atom. The van der Waals surface area contributed by atoms with Gasteiger partial charge in [-0.2, -0.15) is 4.98 Å². The summed E-state index contributed by atoms with van der Waals surface area (Å²) in [6.07, 6.45) is 5.26. The van der Waals surface area contributed by atoms with Gasteiger partial charge < -0.3 is 19.5 Å². The molecule has 3 aromatic heterocycles. The topological polar surface area (TPSA) is 98.1 Å². The second-order valence-corrected chi connectivity index (χ2v) is 10.4. The summed E-state index contributed by atoms with van der Waals surface area (Å²) in [5.74, 6) is 1.06. The second-order valence-electron chi connectivity index (χ2n) is 9.99. The van der Waals surface area contributed by atoms with Crippen molar-refractivity contribution in [3.05, 3.63) is 64.7 Å². The molecular weight excluding hydrogens is 490 g/mol.